The second-order valence-electron chi connectivity index (χ2n) is 5.65. The maximum atomic E-state index is 12.7. The van der Waals surface area contributed by atoms with E-state index in [2.05, 4.69) is 14.3 Å². The Morgan fingerprint density at radius 1 is 1.36 bits per heavy atom. The maximum Gasteiger partial charge on any atom is 0.227 e. The number of hydrogen-bond donors (Lipinski definition) is 0. The number of nitrogens with zero attached hydrogens (tertiary/aromatic N) is 4. The molecule has 3 heterocycles. The Morgan fingerprint density at radius 3 is 2.95 bits per heavy atom. The predicted octanol–water partition coefficient (Wildman–Crippen LogP) is 1.48. The molecule has 1 atom stereocenters. The van der Waals surface area contributed by atoms with Crippen molar-refractivity contribution in [1.82, 2.24) is 14.3 Å². The van der Waals surface area contributed by atoms with E-state index in [9.17, 15) is 4.79 Å². The third-order valence-corrected chi connectivity index (χ3v) is 5.85. The zero-order chi connectivity index (χ0) is 15.4. The van der Waals surface area contributed by atoms with Gasteiger partial charge in [-0.05, 0) is 12.8 Å². The third kappa shape index (κ3) is 3.72. The van der Waals surface area contributed by atoms with Crippen molar-refractivity contribution >= 4 is 34.3 Å². The normalized spacial score (nSPS) is 22.9. The summed E-state index contributed by atoms with van der Waals surface area (Å²) < 4.78 is 9.37. The first-order chi connectivity index (χ1) is 10.8. The van der Waals surface area contributed by atoms with Gasteiger partial charge in [-0.15, -0.1) is 0 Å². The fraction of sp³-hybridized carbons (Fsp3) is 0.786. The summed E-state index contributed by atoms with van der Waals surface area (Å²) in [6.45, 7) is 3.97. The minimum absolute atomic E-state index is 0.103. The Morgan fingerprint density at radius 2 is 2.18 bits per heavy atom. The van der Waals surface area contributed by atoms with Gasteiger partial charge in [0.25, 0.3) is 0 Å². The van der Waals surface area contributed by atoms with Crippen LogP contribution in [0.5, 0.6) is 0 Å². The monoisotopic (exact) mass is 342 g/mol. The lowest BCUT2D eigenvalue weighted by Gasteiger charge is -2.35. The highest BCUT2D eigenvalue weighted by Gasteiger charge is 2.31. The molecule has 0 aliphatic carbocycles. The molecule has 1 amide bonds. The van der Waals surface area contributed by atoms with Gasteiger partial charge in [0, 0.05) is 56.3 Å². The van der Waals surface area contributed by atoms with Crippen LogP contribution in [-0.2, 0) is 16.1 Å². The van der Waals surface area contributed by atoms with Gasteiger partial charge in [0.05, 0.1) is 5.92 Å². The summed E-state index contributed by atoms with van der Waals surface area (Å²) in [6.07, 6.45) is 2.03. The molecule has 0 aromatic carbocycles. The molecular formula is C14H22N4O2S2. The van der Waals surface area contributed by atoms with Crippen LogP contribution in [0.4, 0.5) is 5.13 Å². The number of carbonyl (C=O) groups excluding carboxylic acids is 1. The van der Waals surface area contributed by atoms with Crippen molar-refractivity contribution in [3.05, 3.63) is 5.82 Å². The van der Waals surface area contributed by atoms with Crippen molar-refractivity contribution in [2.24, 2.45) is 5.92 Å². The molecule has 6 nitrogen and oxygen atoms in total. The lowest BCUT2D eigenvalue weighted by atomic mass is 9.97. The number of anilines is 1. The fourth-order valence-electron chi connectivity index (χ4n) is 2.96. The zero-order valence-corrected chi connectivity index (χ0v) is 14.5. The number of aromatic nitrogens is 2. The number of piperidine rings is 1. The smallest absolute Gasteiger partial charge is 0.227 e. The molecule has 2 saturated heterocycles. The van der Waals surface area contributed by atoms with Crippen LogP contribution in [-0.4, -0.2) is 65.0 Å². The summed E-state index contributed by atoms with van der Waals surface area (Å²) in [5.41, 5.74) is 0. The number of carbonyl (C=O) groups is 1. The fourth-order valence-corrected chi connectivity index (χ4v) is 4.57. The summed E-state index contributed by atoms with van der Waals surface area (Å²) in [5.74, 6) is 3.29. The molecule has 122 valence electrons. The number of hydrogen-bond acceptors (Lipinski definition) is 7. The highest BCUT2D eigenvalue weighted by Crippen LogP contribution is 2.26. The third-order valence-electron chi connectivity index (χ3n) is 4.09. The zero-order valence-electron chi connectivity index (χ0n) is 12.9. The molecule has 3 rings (SSSR count). The van der Waals surface area contributed by atoms with Crippen LogP contribution in [0, 0.1) is 5.92 Å². The van der Waals surface area contributed by atoms with Crippen molar-refractivity contribution < 1.29 is 9.53 Å². The number of rotatable bonds is 4. The standard InChI is InChI=1S/C14H22N4O2S2/c1-20-10-12-15-14(22-16-12)18-4-2-3-11(9-18)13(19)17-5-7-21-8-6-17/h11H,2-10H2,1H3. The van der Waals surface area contributed by atoms with Gasteiger partial charge < -0.3 is 14.5 Å². The van der Waals surface area contributed by atoms with Gasteiger partial charge >= 0.3 is 0 Å². The van der Waals surface area contributed by atoms with Crippen molar-refractivity contribution in [1.29, 1.82) is 0 Å². The van der Waals surface area contributed by atoms with E-state index in [1.54, 1.807) is 7.11 Å². The van der Waals surface area contributed by atoms with Crippen molar-refractivity contribution in [2.75, 3.05) is 49.7 Å². The predicted molar refractivity (Wildman–Crippen MR) is 89.5 cm³/mol. The summed E-state index contributed by atoms with van der Waals surface area (Å²) in [6, 6.07) is 0. The van der Waals surface area contributed by atoms with Gasteiger partial charge in [0.15, 0.2) is 5.82 Å². The second kappa shape index (κ2) is 7.61. The van der Waals surface area contributed by atoms with Crippen LogP contribution in [0.2, 0.25) is 0 Å². The molecule has 1 unspecified atom stereocenters. The summed E-state index contributed by atoms with van der Waals surface area (Å²) in [5, 5.41) is 0.916. The quantitative estimate of drug-likeness (QED) is 0.826. The number of amides is 1. The van der Waals surface area contributed by atoms with Crippen LogP contribution in [0.1, 0.15) is 18.7 Å². The molecule has 8 heteroatoms. The molecular weight excluding hydrogens is 320 g/mol. The number of ether oxygens (including phenoxy) is 1. The summed E-state index contributed by atoms with van der Waals surface area (Å²) in [7, 11) is 1.65. The van der Waals surface area contributed by atoms with E-state index in [4.69, 9.17) is 4.74 Å². The highest BCUT2D eigenvalue weighted by molar-refractivity contribution is 7.99. The molecule has 2 aliphatic rings. The van der Waals surface area contributed by atoms with Gasteiger partial charge in [0.1, 0.15) is 6.61 Å². The molecule has 1 aromatic rings. The van der Waals surface area contributed by atoms with Crippen molar-refractivity contribution in [3.63, 3.8) is 0 Å². The Balaban J connectivity index is 1.61. The average molecular weight is 342 g/mol. The molecule has 22 heavy (non-hydrogen) atoms. The molecule has 2 aliphatic heterocycles. The molecule has 1 aromatic heterocycles. The van der Waals surface area contributed by atoms with Crippen molar-refractivity contribution in [3.8, 4) is 0 Å². The van der Waals surface area contributed by atoms with Gasteiger partial charge in [-0.3, -0.25) is 4.79 Å². The summed E-state index contributed by atoms with van der Waals surface area (Å²) in [4.78, 5) is 21.4. The van der Waals surface area contributed by atoms with Crippen LogP contribution in [0.3, 0.4) is 0 Å². The lowest BCUT2D eigenvalue weighted by Crippen LogP contribution is -2.47. The second-order valence-corrected chi connectivity index (χ2v) is 7.60. The van der Waals surface area contributed by atoms with Gasteiger partial charge in [-0.1, -0.05) is 0 Å². The van der Waals surface area contributed by atoms with Gasteiger partial charge in [-0.25, -0.2) is 4.98 Å². The Kier molecular flexibility index (Phi) is 5.54. The highest BCUT2D eigenvalue weighted by atomic mass is 32.2. The van der Waals surface area contributed by atoms with E-state index in [1.807, 2.05) is 16.7 Å². The van der Waals surface area contributed by atoms with Crippen LogP contribution in [0.25, 0.3) is 0 Å². The largest absolute Gasteiger partial charge is 0.377 e. The lowest BCUT2D eigenvalue weighted by molar-refractivity contribution is -0.135. The van der Waals surface area contributed by atoms with E-state index in [-0.39, 0.29) is 5.92 Å². The number of methoxy groups -OCH3 is 1. The molecule has 2 fully saturated rings. The average Bonchev–Trinajstić information content (AvgIpc) is 3.04. The molecule has 0 N–H and O–H groups in total. The summed E-state index contributed by atoms with van der Waals surface area (Å²) >= 11 is 3.34. The minimum Gasteiger partial charge on any atom is -0.377 e. The van der Waals surface area contributed by atoms with E-state index in [0.29, 0.717) is 12.5 Å². The van der Waals surface area contributed by atoms with E-state index in [0.717, 1.165) is 61.5 Å². The topological polar surface area (TPSA) is 58.6 Å². The van der Waals surface area contributed by atoms with Crippen LogP contribution in [0.15, 0.2) is 0 Å². The van der Waals surface area contributed by atoms with Crippen LogP contribution >= 0.6 is 23.3 Å². The SMILES string of the molecule is COCc1nsc(N2CCCC(C(=O)N3CCSCC3)C2)n1. The van der Waals surface area contributed by atoms with Crippen LogP contribution < -0.4 is 4.90 Å². The Hall–Kier alpha value is -0.860. The molecule has 0 saturated carbocycles. The first-order valence-corrected chi connectivity index (χ1v) is 9.63. The number of thioether (sulfide) groups is 1. The van der Waals surface area contributed by atoms with E-state index < -0.39 is 0 Å². The van der Waals surface area contributed by atoms with Gasteiger partial charge in [-0.2, -0.15) is 16.1 Å². The molecule has 0 bridgehead atoms. The molecule has 0 radical (unpaired) electrons. The molecule has 0 spiro atoms. The first kappa shape index (κ1) is 16.0. The Labute approximate surface area is 139 Å². The van der Waals surface area contributed by atoms with Crippen molar-refractivity contribution in [2.45, 2.75) is 19.4 Å². The van der Waals surface area contributed by atoms with Gasteiger partial charge in [0.2, 0.25) is 11.0 Å². The Bertz CT molecular complexity index is 505. The minimum atomic E-state index is 0.103. The van der Waals surface area contributed by atoms with E-state index >= 15 is 0 Å². The first-order valence-electron chi connectivity index (χ1n) is 7.71. The maximum absolute atomic E-state index is 12.7. The van der Waals surface area contributed by atoms with E-state index in [1.165, 1.54) is 11.5 Å².